The van der Waals surface area contributed by atoms with Crippen LogP contribution in [0.4, 0.5) is 15.3 Å². The highest BCUT2D eigenvalue weighted by Crippen LogP contribution is 2.31. The minimum absolute atomic E-state index is 0.00565. The number of carbonyl (C=O) groups is 3. The molecule has 2 aliphatic rings. The third-order valence-corrected chi connectivity index (χ3v) is 7.08. The quantitative estimate of drug-likeness (QED) is 0.441. The van der Waals surface area contributed by atoms with Crippen LogP contribution in [0.1, 0.15) is 70.2 Å². The average molecular weight is 518 g/mol. The topological polar surface area (TPSA) is 123 Å². The summed E-state index contributed by atoms with van der Waals surface area (Å²) in [6.07, 6.45) is 4.98. The summed E-state index contributed by atoms with van der Waals surface area (Å²) in [5.41, 5.74) is 0.793. The molecule has 1 heterocycles. The summed E-state index contributed by atoms with van der Waals surface area (Å²) in [4.78, 5) is 41.9. The van der Waals surface area contributed by atoms with Gasteiger partial charge in [0.2, 0.25) is 0 Å². The molecule has 1 aromatic carbocycles. The Morgan fingerprint density at radius 3 is 2.54 bits per heavy atom. The number of rotatable bonds is 7. The van der Waals surface area contributed by atoms with Gasteiger partial charge in [0.15, 0.2) is 0 Å². The van der Waals surface area contributed by atoms with Crippen LogP contribution < -0.4 is 20.7 Å². The molecule has 206 valence electrons. The van der Waals surface area contributed by atoms with Gasteiger partial charge >= 0.3 is 12.1 Å². The second-order valence-corrected chi connectivity index (χ2v) is 10.8. The van der Waals surface area contributed by atoms with Gasteiger partial charge in [-0.1, -0.05) is 26.2 Å². The van der Waals surface area contributed by atoms with E-state index < -0.39 is 12.1 Å². The molecule has 10 nitrogen and oxygen atoms in total. The first-order chi connectivity index (χ1) is 17.6. The molecular weight excluding hydrogens is 474 g/mol. The zero-order valence-corrected chi connectivity index (χ0v) is 22.8. The summed E-state index contributed by atoms with van der Waals surface area (Å²) >= 11 is 0. The van der Waals surface area contributed by atoms with Crippen molar-refractivity contribution < 1.29 is 24.2 Å². The van der Waals surface area contributed by atoms with E-state index in [0.29, 0.717) is 30.1 Å². The number of fused-ring (bicyclic) bond motifs is 1. The third kappa shape index (κ3) is 7.74. The highest BCUT2D eigenvalue weighted by molar-refractivity contribution is 5.99. The van der Waals surface area contributed by atoms with Crippen molar-refractivity contribution in [2.75, 3.05) is 32.1 Å². The zero-order valence-electron chi connectivity index (χ0n) is 22.8. The van der Waals surface area contributed by atoms with E-state index in [2.05, 4.69) is 16.0 Å². The molecular formula is C27H43N5O5. The number of anilines is 1. The van der Waals surface area contributed by atoms with Crippen LogP contribution in [0, 0.1) is 5.92 Å². The Morgan fingerprint density at radius 1 is 1.19 bits per heavy atom. The van der Waals surface area contributed by atoms with Crippen molar-refractivity contribution in [2.45, 2.75) is 84.0 Å². The number of aliphatic hydroxyl groups excluding tert-OH is 1. The van der Waals surface area contributed by atoms with E-state index in [-0.39, 0.29) is 42.6 Å². The van der Waals surface area contributed by atoms with Gasteiger partial charge in [0.05, 0.1) is 24.8 Å². The Labute approximate surface area is 220 Å². The Bertz CT molecular complexity index is 949. The molecule has 10 heteroatoms. The number of likely N-dealkylation sites (N-methyl/N-ethyl adjacent to an activating group) is 1. The van der Waals surface area contributed by atoms with Crippen LogP contribution in [0.2, 0.25) is 0 Å². The van der Waals surface area contributed by atoms with Gasteiger partial charge in [0.1, 0.15) is 11.9 Å². The molecule has 1 aromatic rings. The monoisotopic (exact) mass is 517 g/mol. The maximum absolute atomic E-state index is 13.6. The van der Waals surface area contributed by atoms with E-state index in [1.165, 1.54) is 6.42 Å². The highest BCUT2D eigenvalue weighted by atomic mass is 16.5. The predicted octanol–water partition coefficient (Wildman–Crippen LogP) is 3.41. The van der Waals surface area contributed by atoms with Crippen LogP contribution in [-0.4, -0.2) is 83.8 Å². The van der Waals surface area contributed by atoms with E-state index in [1.807, 2.05) is 20.8 Å². The second kappa shape index (κ2) is 13.0. The summed E-state index contributed by atoms with van der Waals surface area (Å²) in [5.74, 6) is -0.00355. The van der Waals surface area contributed by atoms with Crippen LogP contribution >= 0.6 is 0 Å². The molecule has 1 aliphatic carbocycles. The molecule has 1 aliphatic heterocycles. The molecule has 1 fully saturated rings. The van der Waals surface area contributed by atoms with Gasteiger partial charge in [0, 0.05) is 37.3 Å². The molecule has 37 heavy (non-hydrogen) atoms. The first-order valence-corrected chi connectivity index (χ1v) is 13.4. The lowest BCUT2D eigenvalue weighted by Gasteiger charge is -2.38. The van der Waals surface area contributed by atoms with E-state index in [9.17, 15) is 19.5 Å². The number of urea groups is 2. The molecule has 3 rings (SSSR count). The number of nitrogens with one attached hydrogen (secondary N) is 3. The molecule has 5 amide bonds. The fourth-order valence-electron chi connectivity index (χ4n) is 4.83. The maximum atomic E-state index is 13.6. The van der Waals surface area contributed by atoms with Crippen LogP contribution in [0.25, 0.3) is 0 Å². The normalized spacial score (nSPS) is 21.3. The minimum Gasteiger partial charge on any atom is -0.487 e. The molecule has 0 bridgehead atoms. The van der Waals surface area contributed by atoms with Crippen molar-refractivity contribution in [3.63, 3.8) is 0 Å². The molecule has 0 spiro atoms. The van der Waals surface area contributed by atoms with Crippen molar-refractivity contribution in [2.24, 2.45) is 5.92 Å². The van der Waals surface area contributed by atoms with Gasteiger partial charge in [-0.15, -0.1) is 0 Å². The number of benzene rings is 1. The molecule has 0 aromatic heterocycles. The van der Waals surface area contributed by atoms with Crippen molar-refractivity contribution in [1.29, 1.82) is 0 Å². The third-order valence-electron chi connectivity index (χ3n) is 7.08. The summed E-state index contributed by atoms with van der Waals surface area (Å²) < 4.78 is 6.33. The maximum Gasteiger partial charge on any atom is 0.319 e. The number of hydrogen-bond acceptors (Lipinski definition) is 5. The lowest BCUT2D eigenvalue weighted by molar-refractivity contribution is 0.0366. The van der Waals surface area contributed by atoms with Gasteiger partial charge in [-0.05, 0) is 51.8 Å². The number of nitrogens with zero attached hydrogens (tertiary/aromatic N) is 2. The molecule has 0 unspecified atom stereocenters. The van der Waals surface area contributed by atoms with Crippen LogP contribution in [0.5, 0.6) is 5.75 Å². The lowest BCUT2D eigenvalue weighted by atomic mass is 9.96. The van der Waals surface area contributed by atoms with Crippen molar-refractivity contribution in [1.82, 2.24) is 20.4 Å². The molecule has 4 N–H and O–H groups in total. The van der Waals surface area contributed by atoms with Crippen molar-refractivity contribution in [3.8, 4) is 5.75 Å². The van der Waals surface area contributed by atoms with Crippen LogP contribution in [0.15, 0.2) is 18.2 Å². The highest BCUT2D eigenvalue weighted by Gasteiger charge is 2.34. The van der Waals surface area contributed by atoms with Gasteiger partial charge in [-0.2, -0.15) is 0 Å². The standard InChI is InChI=1S/C27H43N5O5/c1-17(2)28-27(36)31(5)15-24-18(3)14-32(19(4)16-33)25(34)22-13-21(11-12-23(22)37-24)30-26(35)29-20-9-7-6-8-10-20/h11-13,17-20,24,33H,6-10,14-16H2,1-5H3,(H,28,36)(H2,29,30,35)/t18-,19-,24+/m0/s1. The summed E-state index contributed by atoms with van der Waals surface area (Å²) in [7, 11) is 1.71. The van der Waals surface area contributed by atoms with Gasteiger partial charge in [0.25, 0.3) is 5.91 Å². The van der Waals surface area contributed by atoms with Crippen molar-refractivity contribution >= 4 is 23.7 Å². The SMILES string of the molecule is CC(C)NC(=O)N(C)C[C@H]1Oc2ccc(NC(=O)NC3CCCCC3)cc2C(=O)N([C@@H](C)CO)C[C@@H]1C. The Balaban J connectivity index is 1.83. The zero-order chi connectivity index (χ0) is 27.1. The number of hydrogen-bond donors (Lipinski definition) is 4. The molecule has 0 radical (unpaired) electrons. The van der Waals surface area contributed by atoms with E-state index in [0.717, 1.165) is 25.7 Å². The average Bonchev–Trinajstić information content (AvgIpc) is 2.86. The smallest absolute Gasteiger partial charge is 0.319 e. The number of carbonyl (C=O) groups excluding carboxylic acids is 3. The lowest BCUT2D eigenvalue weighted by Crippen LogP contribution is -2.51. The van der Waals surface area contributed by atoms with E-state index >= 15 is 0 Å². The number of ether oxygens (including phenoxy) is 1. The van der Waals surface area contributed by atoms with Crippen LogP contribution in [0.3, 0.4) is 0 Å². The first-order valence-electron chi connectivity index (χ1n) is 13.4. The fraction of sp³-hybridized carbons (Fsp3) is 0.667. The van der Waals surface area contributed by atoms with E-state index in [4.69, 9.17) is 4.74 Å². The van der Waals surface area contributed by atoms with Gasteiger partial charge in [-0.3, -0.25) is 4.79 Å². The Hall–Kier alpha value is -3.01. The summed E-state index contributed by atoms with van der Waals surface area (Å²) in [6.45, 7) is 8.05. The Morgan fingerprint density at radius 2 is 1.89 bits per heavy atom. The number of amides is 5. The van der Waals surface area contributed by atoms with Crippen LogP contribution in [-0.2, 0) is 0 Å². The largest absolute Gasteiger partial charge is 0.487 e. The predicted molar refractivity (Wildman–Crippen MR) is 143 cm³/mol. The fourth-order valence-corrected chi connectivity index (χ4v) is 4.83. The minimum atomic E-state index is -0.408. The molecule has 3 atom stereocenters. The van der Waals surface area contributed by atoms with E-state index in [1.54, 1.807) is 42.0 Å². The Kier molecular flexibility index (Phi) is 10.0. The summed E-state index contributed by atoms with van der Waals surface area (Å²) in [5, 5.41) is 18.6. The second-order valence-electron chi connectivity index (χ2n) is 10.8. The number of aliphatic hydroxyl groups is 1. The van der Waals surface area contributed by atoms with Gasteiger partial charge < -0.3 is 35.6 Å². The first kappa shape index (κ1) is 28.6. The van der Waals surface area contributed by atoms with Crippen molar-refractivity contribution in [3.05, 3.63) is 23.8 Å². The van der Waals surface area contributed by atoms with Gasteiger partial charge in [-0.25, -0.2) is 9.59 Å². The molecule has 0 saturated heterocycles. The summed E-state index contributed by atoms with van der Waals surface area (Å²) in [6, 6.07) is 4.29. The molecule has 1 saturated carbocycles.